The zero-order valence-electron chi connectivity index (χ0n) is 30.5. The second-order valence-corrected chi connectivity index (χ2v) is 15.7. The molecule has 2 aliphatic rings. The number of fused-ring (bicyclic) bond motifs is 2. The monoisotopic (exact) mass is 635 g/mol. The second-order valence-electron chi connectivity index (χ2n) is 15.7. The van der Waals surface area contributed by atoms with Gasteiger partial charge in [-0.1, -0.05) is 137 Å². The Kier molecular flexibility index (Phi) is 20.0. The number of rotatable bonds is 28. The van der Waals surface area contributed by atoms with Gasteiger partial charge in [-0.25, -0.2) is 0 Å². The lowest BCUT2D eigenvalue weighted by atomic mass is 9.70. The quantitative estimate of drug-likeness (QED) is 0.0684. The van der Waals surface area contributed by atoms with E-state index >= 15 is 0 Å². The van der Waals surface area contributed by atoms with Crippen LogP contribution in [0.4, 0.5) is 0 Å². The molecule has 0 aromatic rings. The lowest BCUT2D eigenvalue weighted by Gasteiger charge is -2.38. The third-order valence-corrected chi connectivity index (χ3v) is 12.0. The number of hydrogen-bond acceptors (Lipinski definition) is 5. The highest BCUT2D eigenvalue weighted by atomic mass is 16.5. The number of aliphatic hydroxyl groups excluding tert-OH is 1. The van der Waals surface area contributed by atoms with E-state index in [2.05, 4.69) is 34.6 Å². The Labute approximate surface area is 278 Å². The van der Waals surface area contributed by atoms with Crippen molar-refractivity contribution >= 4 is 11.9 Å². The van der Waals surface area contributed by atoms with Gasteiger partial charge in [0.15, 0.2) is 0 Å². The van der Waals surface area contributed by atoms with Crippen LogP contribution in [0.25, 0.3) is 0 Å². The Balaban J connectivity index is 1.37. The number of carbonyl (C=O) groups excluding carboxylic acids is 2. The van der Waals surface area contributed by atoms with E-state index in [1.807, 2.05) is 0 Å². The Morgan fingerprint density at radius 1 is 0.689 bits per heavy atom. The number of carbonyl (C=O) groups is 2. The minimum atomic E-state index is -0.199. The molecule has 0 heterocycles. The van der Waals surface area contributed by atoms with Crippen LogP contribution in [0.1, 0.15) is 202 Å². The molecule has 0 aliphatic heterocycles. The molecule has 4 atom stereocenters. The van der Waals surface area contributed by atoms with Crippen LogP contribution in [0, 0.1) is 22.7 Å². The molecule has 1 unspecified atom stereocenters. The van der Waals surface area contributed by atoms with Gasteiger partial charge in [0.1, 0.15) is 6.10 Å². The van der Waals surface area contributed by atoms with Crippen molar-refractivity contribution in [3.05, 3.63) is 0 Å². The fourth-order valence-corrected chi connectivity index (χ4v) is 8.24. The summed E-state index contributed by atoms with van der Waals surface area (Å²) in [6.07, 6.45) is 28.2. The highest BCUT2D eigenvalue weighted by molar-refractivity contribution is 5.69. The van der Waals surface area contributed by atoms with Gasteiger partial charge in [0, 0.05) is 18.3 Å². The summed E-state index contributed by atoms with van der Waals surface area (Å²) in [6.45, 7) is 12.1. The van der Waals surface area contributed by atoms with Crippen LogP contribution in [0.15, 0.2) is 0 Å². The van der Waals surface area contributed by atoms with E-state index in [9.17, 15) is 14.7 Å². The first-order chi connectivity index (χ1) is 21.6. The highest BCUT2D eigenvalue weighted by Gasteiger charge is 2.62. The summed E-state index contributed by atoms with van der Waals surface area (Å²) < 4.78 is 11.5. The molecular formula is C40H74O5. The van der Waals surface area contributed by atoms with Crippen molar-refractivity contribution in [2.75, 3.05) is 6.61 Å². The zero-order valence-corrected chi connectivity index (χ0v) is 30.5. The summed E-state index contributed by atoms with van der Waals surface area (Å²) in [7, 11) is 0. The average Bonchev–Trinajstić information content (AvgIpc) is 3.33. The van der Waals surface area contributed by atoms with Crippen molar-refractivity contribution in [3.8, 4) is 0 Å². The largest absolute Gasteiger partial charge is 0.466 e. The molecule has 45 heavy (non-hydrogen) atoms. The Hall–Kier alpha value is -1.10. The molecule has 5 nitrogen and oxygen atoms in total. The predicted molar refractivity (Wildman–Crippen MR) is 187 cm³/mol. The van der Waals surface area contributed by atoms with Crippen LogP contribution in [0.5, 0.6) is 0 Å². The van der Waals surface area contributed by atoms with E-state index in [4.69, 9.17) is 9.47 Å². The summed E-state index contributed by atoms with van der Waals surface area (Å²) in [6, 6.07) is 0. The zero-order chi connectivity index (χ0) is 33.0. The van der Waals surface area contributed by atoms with E-state index < -0.39 is 0 Å². The van der Waals surface area contributed by atoms with Crippen molar-refractivity contribution in [1.29, 1.82) is 0 Å². The summed E-state index contributed by atoms with van der Waals surface area (Å²) in [5, 5.41) is 10.4. The number of unbranched alkanes of at least 4 members (excludes halogenated alkanes) is 12. The minimum absolute atomic E-state index is 0.00499. The van der Waals surface area contributed by atoms with Crippen molar-refractivity contribution in [2.45, 2.75) is 214 Å². The number of hydrogen-bond donors (Lipinski definition) is 1. The van der Waals surface area contributed by atoms with E-state index in [-0.39, 0.29) is 35.0 Å². The standard InChI is InChI=1S/C40H74O5/c1-6-8-16-22-33(23-17-9-7-2)29-31-44-37(42)26-20-14-10-12-18-24-35(41)25-19-13-11-15-21-27-38(43)45-36-32-34-28-30-40(36,5)39(34,3)4/h33-36,41H,6-32H2,1-5H3/t34-,35?,36+,40+/m0/s1. The van der Waals surface area contributed by atoms with Gasteiger partial charge in [0.25, 0.3) is 0 Å². The van der Waals surface area contributed by atoms with Gasteiger partial charge in [-0.3, -0.25) is 9.59 Å². The maximum Gasteiger partial charge on any atom is 0.306 e. The highest BCUT2D eigenvalue weighted by Crippen LogP contribution is 2.66. The van der Waals surface area contributed by atoms with Gasteiger partial charge in [0.2, 0.25) is 0 Å². The maximum absolute atomic E-state index is 12.5. The number of aliphatic hydroxyl groups is 1. The SMILES string of the molecule is CCCCCC(CCCCC)CCOC(=O)CCCCCCCC(O)CCCCCCCC(=O)O[C@@H]1C[C@@H]2CC[C@@]1(C)C2(C)C. The smallest absolute Gasteiger partial charge is 0.306 e. The van der Waals surface area contributed by atoms with Gasteiger partial charge in [-0.15, -0.1) is 0 Å². The Morgan fingerprint density at radius 3 is 1.71 bits per heavy atom. The lowest BCUT2D eigenvalue weighted by molar-refractivity contribution is -0.157. The molecule has 0 aromatic carbocycles. The van der Waals surface area contributed by atoms with Crippen LogP contribution >= 0.6 is 0 Å². The Morgan fingerprint density at radius 2 is 1.20 bits per heavy atom. The molecule has 0 amide bonds. The van der Waals surface area contributed by atoms with Crippen molar-refractivity contribution in [1.82, 2.24) is 0 Å². The van der Waals surface area contributed by atoms with Crippen LogP contribution < -0.4 is 0 Å². The molecule has 2 aliphatic carbocycles. The number of ether oxygens (including phenoxy) is 2. The van der Waals surface area contributed by atoms with Crippen molar-refractivity contribution in [2.24, 2.45) is 22.7 Å². The van der Waals surface area contributed by atoms with Crippen LogP contribution in [-0.2, 0) is 19.1 Å². The third kappa shape index (κ3) is 14.7. The molecule has 264 valence electrons. The molecular weight excluding hydrogens is 560 g/mol. The van der Waals surface area contributed by atoms with E-state index in [0.717, 1.165) is 89.9 Å². The topological polar surface area (TPSA) is 72.8 Å². The van der Waals surface area contributed by atoms with Gasteiger partial charge >= 0.3 is 11.9 Å². The lowest BCUT2D eigenvalue weighted by Crippen LogP contribution is -2.38. The molecule has 5 heteroatoms. The van der Waals surface area contributed by atoms with Crippen LogP contribution in [0.2, 0.25) is 0 Å². The van der Waals surface area contributed by atoms with Crippen molar-refractivity contribution < 1.29 is 24.2 Å². The molecule has 0 aromatic heterocycles. The predicted octanol–water partition coefficient (Wildman–Crippen LogP) is 11.3. The van der Waals surface area contributed by atoms with Crippen molar-refractivity contribution in [3.63, 3.8) is 0 Å². The first kappa shape index (κ1) is 40.1. The normalized spacial score (nSPS) is 22.6. The van der Waals surface area contributed by atoms with Gasteiger partial charge in [-0.05, 0) is 68.6 Å². The summed E-state index contributed by atoms with van der Waals surface area (Å²) in [5.41, 5.74) is 0.429. The van der Waals surface area contributed by atoms with Crippen LogP contribution in [-0.4, -0.2) is 35.9 Å². The molecule has 1 N–H and O–H groups in total. The van der Waals surface area contributed by atoms with E-state index in [0.29, 0.717) is 31.3 Å². The first-order valence-corrected chi connectivity index (χ1v) is 19.7. The third-order valence-electron chi connectivity index (χ3n) is 12.0. The van der Waals surface area contributed by atoms with Crippen LogP contribution in [0.3, 0.4) is 0 Å². The summed E-state index contributed by atoms with van der Waals surface area (Å²) in [5.74, 6) is 1.38. The van der Waals surface area contributed by atoms with Gasteiger partial charge < -0.3 is 14.6 Å². The van der Waals surface area contributed by atoms with Gasteiger partial charge in [0.05, 0.1) is 12.7 Å². The molecule has 0 spiro atoms. The maximum atomic E-state index is 12.5. The molecule has 2 bridgehead atoms. The molecule has 2 saturated carbocycles. The molecule has 0 radical (unpaired) electrons. The Bertz CT molecular complexity index is 784. The summed E-state index contributed by atoms with van der Waals surface area (Å²) in [4.78, 5) is 24.6. The molecule has 2 rings (SSSR count). The first-order valence-electron chi connectivity index (χ1n) is 19.7. The van der Waals surface area contributed by atoms with E-state index in [1.54, 1.807) is 0 Å². The fourth-order valence-electron chi connectivity index (χ4n) is 8.24. The molecule has 0 saturated heterocycles. The fraction of sp³-hybridized carbons (Fsp3) is 0.950. The summed E-state index contributed by atoms with van der Waals surface area (Å²) >= 11 is 0. The van der Waals surface area contributed by atoms with E-state index in [1.165, 1.54) is 64.2 Å². The number of esters is 2. The minimum Gasteiger partial charge on any atom is -0.466 e. The second kappa shape index (κ2) is 22.5. The average molecular weight is 635 g/mol. The van der Waals surface area contributed by atoms with Gasteiger partial charge in [-0.2, -0.15) is 0 Å². The molecule has 2 fully saturated rings.